The summed E-state index contributed by atoms with van der Waals surface area (Å²) >= 11 is 0.703. The predicted octanol–water partition coefficient (Wildman–Crippen LogP) is 3.97. The van der Waals surface area contributed by atoms with Gasteiger partial charge in [0.25, 0.3) is 11.8 Å². The Morgan fingerprint density at radius 1 is 1.08 bits per heavy atom. The highest BCUT2D eigenvalue weighted by atomic mass is 32.2. The maximum atomic E-state index is 12.3. The van der Waals surface area contributed by atoms with Crippen LogP contribution in [0.2, 0.25) is 0 Å². The van der Waals surface area contributed by atoms with E-state index in [0.717, 1.165) is 11.3 Å². The first kappa shape index (κ1) is 19.3. The van der Waals surface area contributed by atoms with Crippen LogP contribution in [0.25, 0.3) is 0 Å². The van der Waals surface area contributed by atoms with Gasteiger partial charge in [-0.15, -0.1) is 11.3 Å². The first-order valence-electron chi connectivity index (χ1n) is 6.90. The Labute approximate surface area is 149 Å². The average Bonchev–Trinajstić information content (AvgIpc) is 3.03. The number of alkyl halides is 3. The Balaban J connectivity index is 2.01. The maximum Gasteiger partial charge on any atom is 0.446 e. The van der Waals surface area contributed by atoms with Gasteiger partial charge in [0.15, 0.2) is 0 Å². The Morgan fingerprint density at radius 2 is 1.64 bits per heavy atom. The minimum atomic E-state index is -4.35. The molecule has 0 saturated carbocycles. The SMILES string of the molecule is CC(NC(=O)c1ccc(C(=O)NO)s1)c1ccc(SC(F)(F)F)cc1. The van der Waals surface area contributed by atoms with Crippen molar-refractivity contribution < 1.29 is 28.0 Å². The van der Waals surface area contributed by atoms with Gasteiger partial charge < -0.3 is 5.32 Å². The zero-order valence-corrected chi connectivity index (χ0v) is 14.4. The van der Waals surface area contributed by atoms with Crippen LogP contribution in [0.15, 0.2) is 41.3 Å². The maximum absolute atomic E-state index is 12.3. The number of carbonyl (C=O) groups excluding carboxylic acids is 2. The number of hydrogen-bond donors (Lipinski definition) is 3. The summed E-state index contributed by atoms with van der Waals surface area (Å²) in [6.07, 6.45) is 0. The van der Waals surface area contributed by atoms with Gasteiger partial charge in [-0.3, -0.25) is 14.8 Å². The number of benzene rings is 1. The summed E-state index contributed by atoms with van der Waals surface area (Å²) in [4.78, 5) is 23.9. The summed E-state index contributed by atoms with van der Waals surface area (Å²) < 4.78 is 36.9. The fourth-order valence-electron chi connectivity index (χ4n) is 1.95. The minimum Gasteiger partial charge on any atom is -0.345 e. The molecule has 0 aliphatic carbocycles. The predicted molar refractivity (Wildman–Crippen MR) is 87.8 cm³/mol. The van der Waals surface area contributed by atoms with Crippen molar-refractivity contribution in [2.75, 3.05) is 0 Å². The molecular weight excluding hydrogens is 377 g/mol. The molecule has 5 nitrogen and oxygen atoms in total. The van der Waals surface area contributed by atoms with Crippen molar-refractivity contribution in [1.29, 1.82) is 0 Å². The van der Waals surface area contributed by atoms with Crippen molar-refractivity contribution in [3.8, 4) is 0 Å². The minimum absolute atomic E-state index is 0.0627. The van der Waals surface area contributed by atoms with E-state index in [4.69, 9.17) is 5.21 Å². The summed E-state index contributed by atoms with van der Waals surface area (Å²) in [6, 6.07) is 8.11. The first-order chi connectivity index (χ1) is 11.7. The number of halogens is 3. The van der Waals surface area contributed by atoms with Gasteiger partial charge in [-0.05, 0) is 48.5 Å². The molecule has 0 aliphatic heterocycles. The highest BCUT2D eigenvalue weighted by Gasteiger charge is 2.29. The highest BCUT2D eigenvalue weighted by Crippen LogP contribution is 2.37. The Bertz CT molecular complexity index is 760. The van der Waals surface area contributed by atoms with Gasteiger partial charge in [0, 0.05) is 4.90 Å². The molecule has 134 valence electrons. The van der Waals surface area contributed by atoms with Gasteiger partial charge >= 0.3 is 5.51 Å². The summed E-state index contributed by atoms with van der Waals surface area (Å²) in [7, 11) is 0. The summed E-state index contributed by atoms with van der Waals surface area (Å²) in [6.45, 7) is 1.69. The highest BCUT2D eigenvalue weighted by molar-refractivity contribution is 8.00. The smallest absolute Gasteiger partial charge is 0.345 e. The van der Waals surface area contributed by atoms with Crippen LogP contribution in [0, 0.1) is 0 Å². The molecule has 0 bridgehead atoms. The van der Waals surface area contributed by atoms with Crippen molar-refractivity contribution in [2.45, 2.75) is 23.4 Å². The molecular formula is C15H13F3N2O3S2. The van der Waals surface area contributed by atoms with Gasteiger partial charge in [-0.25, -0.2) is 5.48 Å². The monoisotopic (exact) mass is 390 g/mol. The summed E-state index contributed by atoms with van der Waals surface area (Å²) in [5, 5.41) is 11.3. The van der Waals surface area contributed by atoms with E-state index in [1.54, 1.807) is 6.92 Å². The van der Waals surface area contributed by atoms with Crippen molar-refractivity contribution >= 4 is 34.9 Å². The number of nitrogens with one attached hydrogen (secondary N) is 2. The van der Waals surface area contributed by atoms with Crippen LogP contribution in [-0.2, 0) is 0 Å². The molecule has 0 radical (unpaired) electrons. The molecule has 1 aromatic heterocycles. The van der Waals surface area contributed by atoms with E-state index in [1.165, 1.54) is 41.9 Å². The third-order valence-electron chi connectivity index (χ3n) is 3.12. The number of rotatable bonds is 5. The lowest BCUT2D eigenvalue weighted by Crippen LogP contribution is -2.25. The van der Waals surface area contributed by atoms with Gasteiger partial charge in [0.1, 0.15) is 0 Å². The molecule has 2 rings (SSSR count). The molecule has 2 aromatic rings. The molecule has 10 heteroatoms. The zero-order valence-electron chi connectivity index (χ0n) is 12.8. The van der Waals surface area contributed by atoms with Crippen LogP contribution in [0.4, 0.5) is 13.2 Å². The van der Waals surface area contributed by atoms with Crippen molar-refractivity contribution in [2.24, 2.45) is 0 Å². The second kappa shape index (κ2) is 7.89. The molecule has 1 atom stereocenters. The molecule has 2 amide bonds. The number of hydroxylamine groups is 1. The van der Waals surface area contributed by atoms with Crippen LogP contribution >= 0.6 is 23.1 Å². The number of hydrogen-bond acceptors (Lipinski definition) is 5. The fourth-order valence-corrected chi connectivity index (χ4v) is 3.28. The van der Waals surface area contributed by atoms with E-state index in [0.29, 0.717) is 5.56 Å². The van der Waals surface area contributed by atoms with Crippen molar-refractivity contribution in [1.82, 2.24) is 10.8 Å². The number of thioether (sulfide) groups is 1. The van der Waals surface area contributed by atoms with E-state index in [9.17, 15) is 22.8 Å². The van der Waals surface area contributed by atoms with Gasteiger partial charge in [0.05, 0.1) is 15.8 Å². The quantitative estimate of drug-likeness (QED) is 0.410. The van der Waals surface area contributed by atoms with Crippen LogP contribution in [0.3, 0.4) is 0 Å². The number of carbonyl (C=O) groups is 2. The van der Waals surface area contributed by atoms with E-state index in [1.807, 2.05) is 0 Å². The third kappa shape index (κ3) is 5.48. The molecule has 3 N–H and O–H groups in total. The van der Waals surface area contributed by atoms with Gasteiger partial charge in [-0.1, -0.05) is 12.1 Å². The molecule has 1 unspecified atom stereocenters. The molecule has 0 saturated heterocycles. The molecule has 0 spiro atoms. The van der Waals surface area contributed by atoms with Crippen LogP contribution in [0.5, 0.6) is 0 Å². The van der Waals surface area contributed by atoms with Crippen molar-refractivity contribution in [3.63, 3.8) is 0 Å². The molecule has 1 aromatic carbocycles. The fraction of sp³-hybridized carbons (Fsp3) is 0.200. The summed E-state index contributed by atoms with van der Waals surface area (Å²) in [5.41, 5.74) is -2.23. The molecule has 0 aliphatic rings. The Hall–Kier alpha value is -2.04. The lowest BCUT2D eigenvalue weighted by atomic mass is 10.1. The third-order valence-corrected chi connectivity index (χ3v) is 4.94. The van der Waals surface area contributed by atoms with Gasteiger partial charge in [0.2, 0.25) is 0 Å². The van der Waals surface area contributed by atoms with E-state index < -0.39 is 23.4 Å². The van der Waals surface area contributed by atoms with E-state index in [2.05, 4.69) is 5.32 Å². The standard InChI is InChI=1S/C15H13F3N2O3S2/c1-8(9-2-4-10(5-3-9)25-15(16,17)18)19-13(21)11-6-7-12(24-11)14(22)20-23/h2-8,23H,1H3,(H,19,21)(H,20,22). The molecule has 1 heterocycles. The zero-order chi connectivity index (χ0) is 18.6. The molecule has 25 heavy (non-hydrogen) atoms. The Kier molecular flexibility index (Phi) is 6.09. The summed E-state index contributed by atoms with van der Waals surface area (Å²) in [5.74, 6) is -1.14. The van der Waals surface area contributed by atoms with E-state index >= 15 is 0 Å². The first-order valence-corrected chi connectivity index (χ1v) is 8.54. The Morgan fingerprint density at radius 3 is 2.16 bits per heavy atom. The normalized spacial score (nSPS) is 12.5. The van der Waals surface area contributed by atoms with Crippen LogP contribution in [0.1, 0.15) is 37.9 Å². The second-order valence-corrected chi connectivity index (χ2v) is 7.14. The van der Waals surface area contributed by atoms with Crippen LogP contribution < -0.4 is 10.8 Å². The number of amides is 2. The largest absolute Gasteiger partial charge is 0.446 e. The topological polar surface area (TPSA) is 78.4 Å². The number of thiophene rings is 1. The average molecular weight is 390 g/mol. The molecule has 0 fully saturated rings. The lowest BCUT2D eigenvalue weighted by Gasteiger charge is -2.14. The van der Waals surface area contributed by atoms with Crippen molar-refractivity contribution in [3.05, 3.63) is 51.7 Å². The lowest BCUT2D eigenvalue weighted by molar-refractivity contribution is -0.0328. The van der Waals surface area contributed by atoms with E-state index in [-0.39, 0.29) is 26.4 Å². The van der Waals surface area contributed by atoms with Gasteiger partial charge in [-0.2, -0.15) is 13.2 Å². The van der Waals surface area contributed by atoms with Crippen LogP contribution in [-0.4, -0.2) is 22.5 Å². The second-order valence-electron chi connectivity index (χ2n) is 4.92.